The first-order valence-electron chi connectivity index (χ1n) is 7.24. The number of halogens is 2. The number of hydrogen-bond acceptors (Lipinski definition) is 4. The van der Waals surface area contributed by atoms with E-state index in [1.54, 1.807) is 0 Å². The van der Waals surface area contributed by atoms with Gasteiger partial charge >= 0.3 is 0 Å². The van der Waals surface area contributed by atoms with Gasteiger partial charge in [-0.3, -0.25) is 0 Å². The molecule has 2 aromatic heterocycles. The lowest BCUT2D eigenvalue weighted by molar-refractivity contribution is 0.432. The molecule has 0 fully saturated rings. The maximum Gasteiger partial charge on any atom is 0.183 e. The van der Waals surface area contributed by atoms with E-state index in [9.17, 15) is 0 Å². The van der Waals surface area contributed by atoms with Gasteiger partial charge in [0.25, 0.3) is 0 Å². The van der Waals surface area contributed by atoms with Crippen molar-refractivity contribution in [2.75, 3.05) is 0 Å². The van der Waals surface area contributed by atoms with Crippen LogP contribution in [0.15, 0.2) is 19.6 Å². The molecule has 1 atom stereocenters. The fourth-order valence-corrected chi connectivity index (χ4v) is 3.31. The molecule has 7 heteroatoms. The molecular weight excluding hydrogens is 400 g/mol. The molecular formula is C14H18Br2N4O. The summed E-state index contributed by atoms with van der Waals surface area (Å²) in [7, 11) is 0. The molecule has 0 amide bonds. The molecule has 0 bridgehead atoms. The van der Waals surface area contributed by atoms with Gasteiger partial charge in [0.1, 0.15) is 17.4 Å². The van der Waals surface area contributed by atoms with Gasteiger partial charge in [-0.15, -0.1) is 10.2 Å². The highest BCUT2D eigenvalue weighted by Crippen LogP contribution is 2.27. The summed E-state index contributed by atoms with van der Waals surface area (Å²) in [4.78, 5) is 0. The summed E-state index contributed by atoms with van der Waals surface area (Å²) in [6, 6.07) is 2.11. The summed E-state index contributed by atoms with van der Waals surface area (Å²) < 4.78 is 9.51. The number of aryl methyl sites for hydroxylation is 1. The Hall–Kier alpha value is -0.660. The zero-order valence-electron chi connectivity index (χ0n) is 11.9. The van der Waals surface area contributed by atoms with Crippen LogP contribution in [0.4, 0.5) is 0 Å². The van der Waals surface area contributed by atoms with E-state index in [1.807, 2.05) is 6.07 Å². The van der Waals surface area contributed by atoms with Gasteiger partial charge in [-0.05, 0) is 57.7 Å². The SMILES string of the molecule is CC(NCc1cc(Br)c(Br)o1)c1nnc2n1CCCCC2. The van der Waals surface area contributed by atoms with Gasteiger partial charge in [0.15, 0.2) is 4.67 Å². The molecule has 1 aliphatic rings. The predicted molar refractivity (Wildman–Crippen MR) is 86.9 cm³/mol. The van der Waals surface area contributed by atoms with E-state index in [1.165, 1.54) is 19.3 Å². The molecule has 0 saturated carbocycles. The Balaban J connectivity index is 1.68. The highest BCUT2D eigenvalue weighted by atomic mass is 79.9. The Morgan fingerprint density at radius 1 is 1.33 bits per heavy atom. The van der Waals surface area contributed by atoms with Crippen LogP contribution >= 0.6 is 31.9 Å². The molecule has 114 valence electrons. The maximum absolute atomic E-state index is 5.58. The molecule has 3 rings (SSSR count). The van der Waals surface area contributed by atoms with Crippen molar-refractivity contribution in [3.05, 3.63) is 32.6 Å². The number of furan rings is 1. The smallest absolute Gasteiger partial charge is 0.183 e. The molecule has 2 aromatic rings. The minimum absolute atomic E-state index is 0.145. The molecule has 0 saturated heterocycles. The zero-order valence-corrected chi connectivity index (χ0v) is 15.1. The summed E-state index contributed by atoms with van der Waals surface area (Å²) in [5, 5.41) is 12.2. The Kier molecular flexibility index (Phi) is 4.81. The second-order valence-electron chi connectivity index (χ2n) is 5.37. The van der Waals surface area contributed by atoms with Crippen molar-refractivity contribution in [3.63, 3.8) is 0 Å². The van der Waals surface area contributed by atoms with Crippen LogP contribution in [0.3, 0.4) is 0 Å². The van der Waals surface area contributed by atoms with Gasteiger partial charge in [0.2, 0.25) is 0 Å². The summed E-state index contributed by atoms with van der Waals surface area (Å²) >= 11 is 6.78. The van der Waals surface area contributed by atoms with Crippen LogP contribution in [0.25, 0.3) is 0 Å². The third kappa shape index (κ3) is 3.40. The van der Waals surface area contributed by atoms with E-state index in [4.69, 9.17) is 4.42 Å². The van der Waals surface area contributed by atoms with Gasteiger partial charge in [-0.2, -0.15) is 0 Å². The van der Waals surface area contributed by atoms with Crippen LogP contribution in [-0.2, 0) is 19.5 Å². The Labute approximate surface area is 140 Å². The lowest BCUT2D eigenvalue weighted by Crippen LogP contribution is -2.22. The summed E-state index contributed by atoms with van der Waals surface area (Å²) in [6.07, 6.45) is 4.74. The lowest BCUT2D eigenvalue weighted by Gasteiger charge is -2.14. The Bertz CT molecular complexity index is 603. The minimum atomic E-state index is 0.145. The van der Waals surface area contributed by atoms with Crippen molar-refractivity contribution in [3.8, 4) is 0 Å². The summed E-state index contributed by atoms with van der Waals surface area (Å²) in [5.74, 6) is 3.03. The van der Waals surface area contributed by atoms with Crippen LogP contribution in [0.2, 0.25) is 0 Å². The standard InChI is InChI=1S/C14H18Br2N4O/c1-9(17-8-10-7-11(15)13(16)21-10)14-19-18-12-5-3-2-4-6-20(12)14/h7,9,17H,2-6,8H2,1H3. The Morgan fingerprint density at radius 3 is 2.95 bits per heavy atom. The highest BCUT2D eigenvalue weighted by Gasteiger charge is 2.19. The highest BCUT2D eigenvalue weighted by molar-refractivity contribution is 9.13. The Morgan fingerprint density at radius 2 is 2.19 bits per heavy atom. The zero-order chi connectivity index (χ0) is 14.8. The monoisotopic (exact) mass is 416 g/mol. The van der Waals surface area contributed by atoms with Crippen LogP contribution < -0.4 is 5.32 Å². The van der Waals surface area contributed by atoms with Gasteiger partial charge in [-0.25, -0.2) is 0 Å². The van der Waals surface area contributed by atoms with Crippen LogP contribution in [-0.4, -0.2) is 14.8 Å². The van der Waals surface area contributed by atoms with E-state index >= 15 is 0 Å². The number of aromatic nitrogens is 3. The molecule has 0 aromatic carbocycles. The topological polar surface area (TPSA) is 55.9 Å². The third-order valence-electron chi connectivity index (χ3n) is 3.80. The van der Waals surface area contributed by atoms with Gasteiger partial charge in [-0.1, -0.05) is 6.42 Å². The van der Waals surface area contributed by atoms with Gasteiger partial charge in [0, 0.05) is 13.0 Å². The second kappa shape index (κ2) is 6.62. The van der Waals surface area contributed by atoms with Crippen molar-refractivity contribution in [1.82, 2.24) is 20.1 Å². The van der Waals surface area contributed by atoms with E-state index in [0.29, 0.717) is 6.54 Å². The average Bonchev–Trinajstić information content (AvgIpc) is 2.92. The molecule has 0 aliphatic carbocycles. The molecule has 21 heavy (non-hydrogen) atoms. The predicted octanol–water partition coefficient (Wildman–Crippen LogP) is 3.97. The van der Waals surface area contributed by atoms with Gasteiger partial charge in [0.05, 0.1) is 17.1 Å². The quantitative estimate of drug-likeness (QED) is 0.817. The lowest BCUT2D eigenvalue weighted by atomic mass is 10.2. The molecule has 1 N–H and O–H groups in total. The fraction of sp³-hybridized carbons (Fsp3) is 0.571. The first-order valence-corrected chi connectivity index (χ1v) is 8.83. The third-order valence-corrected chi connectivity index (χ3v) is 5.51. The first-order chi connectivity index (χ1) is 10.1. The number of fused-ring (bicyclic) bond motifs is 1. The largest absolute Gasteiger partial charge is 0.452 e. The van der Waals surface area contributed by atoms with Crippen molar-refractivity contribution in [1.29, 1.82) is 0 Å². The van der Waals surface area contributed by atoms with Crippen molar-refractivity contribution >= 4 is 31.9 Å². The van der Waals surface area contributed by atoms with Crippen molar-refractivity contribution < 1.29 is 4.42 Å². The fourth-order valence-electron chi connectivity index (χ4n) is 2.65. The molecule has 0 radical (unpaired) electrons. The molecule has 1 unspecified atom stereocenters. The van der Waals surface area contributed by atoms with Crippen LogP contribution in [0, 0.1) is 0 Å². The van der Waals surface area contributed by atoms with Crippen molar-refractivity contribution in [2.24, 2.45) is 0 Å². The first kappa shape index (κ1) is 15.2. The van der Waals surface area contributed by atoms with Crippen LogP contribution in [0.1, 0.15) is 49.6 Å². The van der Waals surface area contributed by atoms with E-state index in [-0.39, 0.29) is 6.04 Å². The van der Waals surface area contributed by atoms with Gasteiger partial charge < -0.3 is 14.3 Å². The second-order valence-corrected chi connectivity index (χ2v) is 6.95. The van der Waals surface area contributed by atoms with E-state index < -0.39 is 0 Å². The summed E-state index contributed by atoms with van der Waals surface area (Å²) in [5.41, 5.74) is 0. The summed E-state index contributed by atoms with van der Waals surface area (Å²) in [6.45, 7) is 3.81. The molecule has 0 spiro atoms. The number of nitrogens with zero attached hydrogens (tertiary/aromatic N) is 3. The number of nitrogens with one attached hydrogen (secondary N) is 1. The molecule has 5 nitrogen and oxygen atoms in total. The molecule has 1 aliphatic heterocycles. The van der Waals surface area contributed by atoms with Crippen molar-refractivity contribution in [2.45, 2.75) is 51.7 Å². The number of hydrogen-bond donors (Lipinski definition) is 1. The van der Waals surface area contributed by atoms with E-state index in [0.717, 1.165) is 39.5 Å². The minimum Gasteiger partial charge on any atom is -0.452 e. The van der Waals surface area contributed by atoms with Crippen LogP contribution in [0.5, 0.6) is 0 Å². The average molecular weight is 418 g/mol. The normalized spacial score (nSPS) is 16.5. The molecule has 3 heterocycles. The van der Waals surface area contributed by atoms with E-state index in [2.05, 4.69) is 58.9 Å². The number of rotatable bonds is 4. The maximum atomic E-state index is 5.58.